The maximum atomic E-state index is 11.9. The van der Waals surface area contributed by atoms with Crippen LogP contribution < -0.4 is 5.32 Å². The molecule has 0 aromatic heterocycles. The van der Waals surface area contributed by atoms with E-state index in [0.29, 0.717) is 0 Å². The molecule has 0 aromatic rings. The first-order valence-corrected chi connectivity index (χ1v) is 5.28. The van der Waals surface area contributed by atoms with Crippen molar-refractivity contribution in [1.82, 2.24) is 10.2 Å². The summed E-state index contributed by atoms with van der Waals surface area (Å²) >= 11 is 0. The standard InChI is InChI=1S/C11H22N2O/c1-7-8(2)12-10(11(3,4)5)13(6)9(7)14/h7-8,10,12H,1-6H3. The lowest BCUT2D eigenvalue weighted by Crippen LogP contribution is -2.64. The van der Waals surface area contributed by atoms with Crippen LogP contribution in [0.4, 0.5) is 0 Å². The van der Waals surface area contributed by atoms with Gasteiger partial charge in [-0.3, -0.25) is 10.1 Å². The van der Waals surface area contributed by atoms with Gasteiger partial charge in [0.15, 0.2) is 0 Å². The average Bonchev–Trinajstić information content (AvgIpc) is 2.06. The molecule has 3 unspecified atom stereocenters. The normalized spacial score (nSPS) is 34.9. The molecule has 0 aliphatic carbocycles. The molecule has 1 aliphatic heterocycles. The number of rotatable bonds is 0. The van der Waals surface area contributed by atoms with Crippen LogP contribution in [0.2, 0.25) is 0 Å². The second-order valence-electron chi connectivity index (χ2n) is 5.46. The van der Waals surface area contributed by atoms with Crippen LogP contribution in [0.1, 0.15) is 34.6 Å². The zero-order valence-electron chi connectivity index (χ0n) is 10.1. The lowest BCUT2D eigenvalue weighted by Gasteiger charge is -2.46. The number of hydrogen-bond donors (Lipinski definition) is 1. The Labute approximate surface area is 86.9 Å². The molecule has 1 fully saturated rings. The van der Waals surface area contributed by atoms with Crippen LogP contribution in [0.5, 0.6) is 0 Å². The molecule has 1 amide bonds. The monoisotopic (exact) mass is 198 g/mol. The van der Waals surface area contributed by atoms with E-state index in [4.69, 9.17) is 0 Å². The first-order chi connectivity index (χ1) is 6.25. The van der Waals surface area contributed by atoms with Gasteiger partial charge in [-0.05, 0) is 12.3 Å². The molecule has 0 saturated carbocycles. The fraction of sp³-hybridized carbons (Fsp3) is 0.909. The summed E-state index contributed by atoms with van der Waals surface area (Å²) in [5.74, 6) is 0.328. The van der Waals surface area contributed by atoms with E-state index in [2.05, 4.69) is 33.0 Å². The SMILES string of the molecule is CC1NC(C(C)(C)C)N(C)C(=O)C1C. The van der Waals surface area contributed by atoms with Gasteiger partial charge in [-0.15, -0.1) is 0 Å². The van der Waals surface area contributed by atoms with Crippen LogP contribution >= 0.6 is 0 Å². The van der Waals surface area contributed by atoms with Crippen molar-refractivity contribution >= 4 is 5.91 Å². The van der Waals surface area contributed by atoms with Gasteiger partial charge in [0.25, 0.3) is 0 Å². The maximum absolute atomic E-state index is 11.9. The molecule has 0 spiro atoms. The zero-order chi connectivity index (χ0) is 11.1. The lowest BCUT2D eigenvalue weighted by atomic mass is 9.86. The summed E-state index contributed by atoms with van der Waals surface area (Å²) in [7, 11) is 1.88. The van der Waals surface area contributed by atoms with E-state index in [1.165, 1.54) is 0 Å². The van der Waals surface area contributed by atoms with Crippen LogP contribution in [0.15, 0.2) is 0 Å². The fourth-order valence-corrected chi connectivity index (χ4v) is 2.00. The van der Waals surface area contributed by atoms with Crippen LogP contribution in [-0.4, -0.2) is 30.1 Å². The molecule has 1 rings (SSSR count). The van der Waals surface area contributed by atoms with Crippen LogP contribution in [0, 0.1) is 11.3 Å². The second-order valence-corrected chi connectivity index (χ2v) is 5.46. The van der Waals surface area contributed by atoms with Crippen molar-refractivity contribution in [3.05, 3.63) is 0 Å². The van der Waals surface area contributed by atoms with Gasteiger partial charge in [-0.25, -0.2) is 0 Å². The van der Waals surface area contributed by atoms with E-state index >= 15 is 0 Å². The van der Waals surface area contributed by atoms with Gasteiger partial charge in [-0.2, -0.15) is 0 Å². The van der Waals surface area contributed by atoms with Crippen molar-refractivity contribution in [2.45, 2.75) is 46.8 Å². The summed E-state index contributed by atoms with van der Waals surface area (Å²) in [6.07, 6.45) is 0.140. The number of carbonyl (C=O) groups is 1. The van der Waals surface area contributed by atoms with Crippen molar-refractivity contribution in [2.24, 2.45) is 11.3 Å². The average molecular weight is 198 g/mol. The summed E-state index contributed by atoms with van der Waals surface area (Å²) in [6, 6.07) is 0.267. The van der Waals surface area contributed by atoms with E-state index in [-0.39, 0.29) is 29.4 Å². The summed E-state index contributed by atoms with van der Waals surface area (Å²) in [5, 5.41) is 3.49. The number of nitrogens with one attached hydrogen (secondary N) is 1. The van der Waals surface area contributed by atoms with E-state index in [0.717, 1.165) is 0 Å². The van der Waals surface area contributed by atoms with E-state index in [9.17, 15) is 4.79 Å². The summed E-state index contributed by atoms with van der Waals surface area (Å²) in [5.41, 5.74) is 0.0822. The highest BCUT2D eigenvalue weighted by molar-refractivity contribution is 5.80. The Balaban J connectivity index is 2.86. The van der Waals surface area contributed by atoms with Gasteiger partial charge in [0.1, 0.15) is 0 Å². The van der Waals surface area contributed by atoms with Crippen LogP contribution in [-0.2, 0) is 4.79 Å². The fourth-order valence-electron chi connectivity index (χ4n) is 2.00. The highest BCUT2D eigenvalue weighted by Gasteiger charge is 2.39. The van der Waals surface area contributed by atoms with Crippen molar-refractivity contribution in [3.8, 4) is 0 Å². The number of nitrogens with zero attached hydrogens (tertiary/aromatic N) is 1. The minimum absolute atomic E-state index is 0.0820. The molecule has 3 nitrogen and oxygen atoms in total. The Bertz CT molecular complexity index is 232. The molecule has 0 bridgehead atoms. The Morgan fingerprint density at radius 3 is 2.21 bits per heavy atom. The minimum atomic E-state index is 0.0820. The third kappa shape index (κ3) is 1.92. The van der Waals surface area contributed by atoms with Gasteiger partial charge in [-0.1, -0.05) is 27.7 Å². The molecule has 1 heterocycles. The van der Waals surface area contributed by atoms with E-state index in [1.807, 2.05) is 18.9 Å². The first-order valence-electron chi connectivity index (χ1n) is 5.28. The van der Waals surface area contributed by atoms with Gasteiger partial charge in [0.05, 0.1) is 12.1 Å². The molecule has 0 aromatic carbocycles. The largest absolute Gasteiger partial charge is 0.329 e. The predicted molar refractivity (Wildman–Crippen MR) is 57.8 cm³/mol. The van der Waals surface area contributed by atoms with Gasteiger partial charge >= 0.3 is 0 Å². The van der Waals surface area contributed by atoms with Crippen molar-refractivity contribution in [2.75, 3.05) is 7.05 Å². The van der Waals surface area contributed by atoms with Crippen LogP contribution in [0.3, 0.4) is 0 Å². The third-order valence-corrected chi connectivity index (χ3v) is 3.12. The Kier molecular flexibility index (Phi) is 2.91. The van der Waals surface area contributed by atoms with Crippen LogP contribution in [0.25, 0.3) is 0 Å². The highest BCUT2D eigenvalue weighted by atomic mass is 16.2. The Hall–Kier alpha value is -0.570. The van der Waals surface area contributed by atoms with E-state index < -0.39 is 0 Å². The Morgan fingerprint density at radius 1 is 1.29 bits per heavy atom. The number of amides is 1. The third-order valence-electron chi connectivity index (χ3n) is 3.12. The quantitative estimate of drug-likeness (QED) is 0.639. The molecule has 0 radical (unpaired) electrons. The van der Waals surface area contributed by atoms with Gasteiger partial charge in [0.2, 0.25) is 5.91 Å². The highest BCUT2D eigenvalue weighted by Crippen LogP contribution is 2.27. The summed E-state index contributed by atoms with van der Waals surface area (Å²) in [6.45, 7) is 10.5. The lowest BCUT2D eigenvalue weighted by molar-refractivity contribution is -0.145. The Morgan fingerprint density at radius 2 is 1.79 bits per heavy atom. The first kappa shape index (κ1) is 11.5. The van der Waals surface area contributed by atoms with Gasteiger partial charge < -0.3 is 4.90 Å². The maximum Gasteiger partial charge on any atom is 0.227 e. The summed E-state index contributed by atoms with van der Waals surface area (Å²) < 4.78 is 0. The minimum Gasteiger partial charge on any atom is -0.329 e. The molecular weight excluding hydrogens is 176 g/mol. The number of carbonyl (C=O) groups excluding carboxylic acids is 1. The number of hydrogen-bond acceptors (Lipinski definition) is 2. The molecule has 1 N–H and O–H groups in total. The molecule has 3 atom stereocenters. The molecule has 3 heteroatoms. The molecule has 1 aliphatic rings. The van der Waals surface area contributed by atoms with Crippen molar-refractivity contribution < 1.29 is 4.79 Å². The molecule has 14 heavy (non-hydrogen) atoms. The van der Waals surface area contributed by atoms with Gasteiger partial charge in [0, 0.05) is 13.1 Å². The van der Waals surface area contributed by atoms with Crippen molar-refractivity contribution in [1.29, 1.82) is 0 Å². The molecule has 82 valence electrons. The smallest absolute Gasteiger partial charge is 0.227 e. The van der Waals surface area contributed by atoms with E-state index in [1.54, 1.807) is 0 Å². The zero-order valence-corrected chi connectivity index (χ0v) is 10.1. The predicted octanol–water partition coefficient (Wildman–Crippen LogP) is 1.44. The topological polar surface area (TPSA) is 32.3 Å². The summed E-state index contributed by atoms with van der Waals surface area (Å²) in [4.78, 5) is 13.7. The second kappa shape index (κ2) is 3.54. The van der Waals surface area contributed by atoms with Crippen molar-refractivity contribution in [3.63, 3.8) is 0 Å². The molecular formula is C11H22N2O. The molecule has 1 saturated heterocycles.